The number of carbonyl (C=O) groups is 2. The average molecular weight is 598 g/mol. The number of rotatable bonds is 11. The highest BCUT2D eigenvalue weighted by Gasteiger charge is 2.22. The van der Waals surface area contributed by atoms with Crippen LogP contribution in [0.4, 0.5) is 34.6 Å². The normalized spacial score (nSPS) is 14.6. The fraction of sp³-hybridized carbons (Fsp3) is 0.357. The van der Waals surface area contributed by atoms with E-state index in [0.29, 0.717) is 41.6 Å². The smallest absolute Gasteiger partial charge is 0.328 e. The molecule has 0 saturated carbocycles. The summed E-state index contributed by atoms with van der Waals surface area (Å²) in [5.74, 6) is -0.0130. The molecule has 0 radical (unpaired) electrons. The van der Waals surface area contributed by atoms with E-state index in [2.05, 4.69) is 25.8 Å². The van der Waals surface area contributed by atoms with Crippen LogP contribution in [-0.4, -0.2) is 71.4 Å². The Kier molecular flexibility index (Phi) is 10.3. The minimum absolute atomic E-state index is 0.280. The van der Waals surface area contributed by atoms with E-state index in [1.807, 2.05) is 6.07 Å². The number of aromatic nitrogens is 2. The molecule has 5 rings (SSSR count). The molecule has 3 aromatic rings. The summed E-state index contributed by atoms with van der Waals surface area (Å²) in [6, 6.07) is 8.96. The van der Waals surface area contributed by atoms with E-state index >= 15 is 0 Å². The Bertz CT molecular complexity index is 1440. The Hall–Kier alpha value is -4.65. The van der Waals surface area contributed by atoms with E-state index in [9.17, 15) is 19.2 Å². The lowest BCUT2D eigenvalue weighted by molar-refractivity contribution is -0.134. The van der Waals surface area contributed by atoms with Gasteiger partial charge in [-0.1, -0.05) is 11.6 Å². The second-order valence-electron chi connectivity index (χ2n) is 9.70. The summed E-state index contributed by atoms with van der Waals surface area (Å²) in [5, 5.41) is 25.7. The predicted octanol–water partition coefficient (Wildman–Crippen LogP) is 2.91. The van der Waals surface area contributed by atoms with Crippen molar-refractivity contribution in [3.05, 3.63) is 68.0 Å². The topological polar surface area (TPSA) is 177 Å². The van der Waals surface area contributed by atoms with Gasteiger partial charge in [0, 0.05) is 68.2 Å². The molecule has 0 atom stereocenters. The predicted molar refractivity (Wildman–Crippen MR) is 162 cm³/mol. The standard InChI is InChI=1S/C24H28ClN7O2.C4H4O4/c25-16-5-7-17(8-6-16)28-21-20(22(33)23(21)34)27-10-9-26-18-15-19(31-11-1-2-12-31)30-24(29-18)32-13-3-4-14-32;5-3(6)1-2-4(7)8/h5-8,15,27-28H,1-4,9-14H2,(H,26,29,30);1-2H,(H,5,6)(H,7,8). The number of hydrogen-bond acceptors (Lipinski definition) is 11. The van der Waals surface area contributed by atoms with Crippen LogP contribution >= 0.6 is 11.6 Å². The van der Waals surface area contributed by atoms with Gasteiger partial charge in [0.1, 0.15) is 23.0 Å². The molecule has 0 aliphatic carbocycles. The monoisotopic (exact) mass is 597 g/mol. The summed E-state index contributed by atoms with van der Waals surface area (Å²) in [7, 11) is 0. The summed E-state index contributed by atoms with van der Waals surface area (Å²) in [6.07, 6.45) is 5.81. The summed E-state index contributed by atoms with van der Waals surface area (Å²) in [6.45, 7) is 5.00. The Labute approximate surface area is 246 Å². The Morgan fingerprint density at radius 3 is 1.95 bits per heavy atom. The molecule has 3 heterocycles. The largest absolute Gasteiger partial charge is 0.478 e. The number of halogens is 1. The van der Waals surface area contributed by atoms with Crippen LogP contribution in [0, 0.1) is 0 Å². The molecular formula is C28H32ClN7O6. The van der Waals surface area contributed by atoms with Crippen molar-refractivity contribution in [3.8, 4) is 0 Å². The molecule has 2 fully saturated rings. The number of nitrogens with one attached hydrogen (secondary N) is 3. The molecule has 0 amide bonds. The molecule has 5 N–H and O–H groups in total. The summed E-state index contributed by atoms with van der Waals surface area (Å²) < 4.78 is 0. The number of carboxylic acids is 2. The first-order valence-corrected chi connectivity index (χ1v) is 14.0. The molecule has 0 unspecified atom stereocenters. The minimum atomic E-state index is -1.26. The Morgan fingerprint density at radius 2 is 1.36 bits per heavy atom. The number of benzene rings is 1. The lowest BCUT2D eigenvalue weighted by Gasteiger charge is -2.22. The quantitative estimate of drug-likeness (QED) is 0.124. The second kappa shape index (κ2) is 14.3. The Morgan fingerprint density at radius 1 is 0.810 bits per heavy atom. The lowest BCUT2D eigenvalue weighted by Crippen LogP contribution is -2.37. The molecule has 2 saturated heterocycles. The maximum Gasteiger partial charge on any atom is 0.328 e. The third-order valence-electron chi connectivity index (χ3n) is 6.65. The number of aliphatic carboxylic acids is 2. The zero-order valence-electron chi connectivity index (χ0n) is 22.8. The van der Waals surface area contributed by atoms with Crippen molar-refractivity contribution in [1.82, 2.24) is 9.97 Å². The van der Waals surface area contributed by atoms with E-state index in [4.69, 9.17) is 31.8 Å². The number of hydrogen-bond donors (Lipinski definition) is 5. The minimum Gasteiger partial charge on any atom is -0.478 e. The highest BCUT2D eigenvalue weighted by molar-refractivity contribution is 6.30. The van der Waals surface area contributed by atoms with Gasteiger partial charge >= 0.3 is 11.9 Å². The van der Waals surface area contributed by atoms with Gasteiger partial charge in [-0.25, -0.2) is 9.59 Å². The maximum atomic E-state index is 12.1. The summed E-state index contributed by atoms with van der Waals surface area (Å²) in [4.78, 5) is 57.3. The van der Waals surface area contributed by atoms with Crippen LogP contribution in [0.1, 0.15) is 25.7 Å². The molecule has 2 aliphatic rings. The van der Waals surface area contributed by atoms with Crippen molar-refractivity contribution >= 4 is 58.2 Å². The van der Waals surface area contributed by atoms with E-state index in [-0.39, 0.29) is 5.69 Å². The van der Waals surface area contributed by atoms with Crippen molar-refractivity contribution in [2.24, 2.45) is 0 Å². The molecule has 1 aromatic heterocycles. The molecular weight excluding hydrogens is 566 g/mol. The summed E-state index contributed by atoms with van der Waals surface area (Å²) in [5.41, 5.74) is 0.252. The lowest BCUT2D eigenvalue weighted by atomic mass is 10.1. The van der Waals surface area contributed by atoms with Crippen LogP contribution < -0.4 is 36.6 Å². The molecule has 2 aromatic carbocycles. The number of anilines is 6. The fourth-order valence-corrected chi connectivity index (χ4v) is 4.68. The van der Waals surface area contributed by atoms with Crippen LogP contribution in [0.25, 0.3) is 0 Å². The van der Waals surface area contributed by atoms with E-state index in [0.717, 1.165) is 56.6 Å². The van der Waals surface area contributed by atoms with E-state index in [1.54, 1.807) is 24.3 Å². The van der Waals surface area contributed by atoms with Gasteiger partial charge in [-0.15, -0.1) is 0 Å². The van der Waals surface area contributed by atoms with E-state index in [1.165, 1.54) is 12.8 Å². The fourth-order valence-electron chi connectivity index (χ4n) is 4.56. The summed E-state index contributed by atoms with van der Waals surface area (Å²) >= 11 is 5.91. The van der Waals surface area contributed by atoms with Gasteiger partial charge in [-0.3, -0.25) is 9.59 Å². The number of carboxylic acid groups (broad SMARTS) is 2. The maximum absolute atomic E-state index is 12.1. The van der Waals surface area contributed by atoms with Gasteiger partial charge in [0.25, 0.3) is 10.9 Å². The first-order chi connectivity index (χ1) is 20.2. The highest BCUT2D eigenvalue weighted by Crippen LogP contribution is 2.26. The zero-order chi connectivity index (χ0) is 30.1. The van der Waals surface area contributed by atoms with Crippen LogP contribution in [0.2, 0.25) is 5.02 Å². The third kappa shape index (κ3) is 8.19. The first kappa shape index (κ1) is 30.3. The molecule has 14 heteroatoms. The molecule has 42 heavy (non-hydrogen) atoms. The molecule has 0 spiro atoms. The number of nitrogens with zero attached hydrogens (tertiary/aromatic N) is 4. The average Bonchev–Trinajstić information content (AvgIpc) is 3.72. The first-order valence-electron chi connectivity index (χ1n) is 13.6. The van der Waals surface area contributed by atoms with Crippen molar-refractivity contribution in [3.63, 3.8) is 0 Å². The van der Waals surface area contributed by atoms with Crippen LogP contribution in [0.5, 0.6) is 0 Å². The zero-order valence-corrected chi connectivity index (χ0v) is 23.6. The third-order valence-corrected chi connectivity index (χ3v) is 6.90. The van der Waals surface area contributed by atoms with Crippen LogP contribution in [0.3, 0.4) is 0 Å². The molecule has 13 nitrogen and oxygen atoms in total. The van der Waals surface area contributed by atoms with Gasteiger partial charge in [0.15, 0.2) is 0 Å². The van der Waals surface area contributed by atoms with E-state index < -0.39 is 22.8 Å². The molecule has 0 bridgehead atoms. The van der Waals surface area contributed by atoms with Gasteiger partial charge < -0.3 is 36.0 Å². The highest BCUT2D eigenvalue weighted by atomic mass is 35.5. The second-order valence-corrected chi connectivity index (χ2v) is 10.1. The van der Waals surface area contributed by atoms with Crippen molar-refractivity contribution < 1.29 is 19.8 Å². The van der Waals surface area contributed by atoms with Gasteiger partial charge in [-0.2, -0.15) is 9.97 Å². The van der Waals surface area contributed by atoms with Crippen molar-refractivity contribution in [2.45, 2.75) is 25.7 Å². The molecule has 222 valence electrons. The van der Waals surface area contributed by atoms with Crippen LogP contribution in [0.15, 0.2) is 52.1 Å². The molecule has 2 aliphatic heterocycles. The van der Waals surface area contributed by atoms with Crippen molar-refractivity contribution in [2.75, 3.05) is 65.0 Å². The SMILES string of the molecule is O=C(O)C=CC(=O)O.O=c1c(NCCNc2cc(N3CCCC3)nc(N3CCCC3)n2)c(Nc2ccc(Cl)cc2)c1=O. The van der Waals surface area contributed by atoms with Gasteiger partial charge in [0.05, 0.1) is 0 Å². The van der Waals surface area contributed by atoms with Crippen LogP contribution in [-0.2, 0) is 9.59 Å². The Balaban J connectivity index is 0.000000446. The van der Waals surface area contributed by atoms with Gasteiger partial charge in [0.2, 0.25) is 5.95 Å². The van der Waals surface area contributed by atoms with Crippen molar-refractivity contribution in [1.29, 1.82) is 0 Å². The van der Waals surface area contributed by atoms with Gasteiger partial charge in [-0.05, 0) is 49.9 Å².